The molecule has 0 fully saturated rings. The van der Waals surface area contributed by atoms with Gasteiger partial charge in [-0.2, -0.15) is 0 Å². The van der Waals surface area contributed by atoms with Crippen LogP contribution in [0.1, 0.15) is 5.76 Å². The molecule has 4 rings (SSSR count). The molecule has 0 aliphatic heterocycles. The second kappa shape index (κ2) is 8.13. The van der Waals surface area contributed by atoms with Gasteiger partial charge in [-0.15, -0.1) is 0 Å². The highest BCUT2D eigenvalue weighted by Gasteiger charge is 2.16. The maximum absolute atomic E-state index is 12.5. The molecule has 0 radical (unpaired) electrons. The summed E-state index contributed by atoms with van der Waals surface area (Å²) in [4.78, 5) is 0.0987. The Labute approximate surface area is 179 Å². The van der Waals surface area contributed by atoms with Crippen LogP contribution in [0.25, 0.3) is 10.8 Å². The molecule has 1 aromatic heterocycles. The van der Waals surface area contributed by atoms with E-state index in [4.69, 9.17) is 16.7 Å². The fourth-order valence-corrected chi connectivity index (χ4v) is 4.16. The number of anilines is 3. The Morgan fingerprint density at radius 1 is 0.967 bits per heavy atom. The van der Waals surface area contributed by atoms with Crippen molar-refractivity contribution in [2.45, 2.75) is 11.8 Å². The van der Waals surface area contributed by atoms with Gasteiger partial charge >= 0.3 is 0 Å². The monoisotopic (exact) mass is 438 g/mol. The number of fused-ring (bicyclic) bond motifs is 1. The molecule has 1 heterocycles. The normalized spacial score (nSPS) is 11.2. The molecule has 0 unspecified atom stereocenters. The van der Waals surface area contributed by atoms with E-state index < -0.39 is 10.0 Å². The highest BCUT2D eigenvalue weighted by molar-refractivity contribution is 7.92. The van der Waals surface area contributed by atoms with Crippen molar-refractivity contribution in [3.63, 3.8) is 0 Å². The number of hydrogen-bond donors (Lipinski definition) is 3. The maximum Gasteiger partial charge on any atom is 0.263 e. The molecule has 0 amide bonds. The molecule has 30 heavy (non-hydrogen) atoms. The number of nitrogens with one attached hydrogen (secondary N) is 3. The summed E-state index contributed by atoms with van der Waals surface area (Å²) < 4.78 is 32.2. The van der Waals surface area contributed by atoms with Crippen LogP contribution in [0.15, 0.2) is 82.2 Å². The molecule has 0 atom stereocenters. The van der Waals surface area contributed by atoms with E-state index in [9.17, 15) is 8.42 Å². The maximum atomic E-state index is 12.5. The van der Waals surface area contributed by atoms with E-state index in [1.165, 1.54) is 18.2 Å². The molecule has 0 saturated heterocycles. The first-order valence-electron chi connectivity index (χ1n) is 9.03. The zero-order valence-corrected chi connectivity index (χ0v) is 17.5. The summed E-state index contributed by atoms with van der Waals surface area (Å²) in [5.74, 6) is 0.648. The zero-order valence-electron chi connectivity index (χ0n) is 15.9. The standard InChI is InChI=1S/C21H18N4O3S2/c1-14-13-20(24-28-14)25-30(26,27)17-11-9-16(10-12-17)22-21(29)23-19-8-4-6-15-5-2-3-7-18(15)19/h2-13H,1H3,(H,24,25)(H2,22,23,29). The summed E-state index contributed by atoms with van der Waals surface area (Å²) in [6, 6.07) is 21.7. The van der Waals surface area contributed by atoms with Crippen LogP contribution in [-0.4, -0.2) is 18.7 Å². The van der Waals surface area contributed by atoms with Crippen LogP contribution in [0.2, 0.25) is 0 Å². The molecular formula is C21H18N4O3S2. The first-order valence-corrected chi connectivity index (χ1v) is 10.9. The number of sulfonamides is 1. The second-order valence-electron chi connectivity index (χ2n) is 6.56. The number of benzene rings is 3. The smallest absolute Gasteiger partial charge is 0.263 e. The van der Waals surface area contributed by atoms with E-state index in [-0.39, 0.29) is 10.7 Å². The summed E-state index contributed by atoms with van der Waals surface area (Å²) in [6.07, 6.45) is 0. The van der Waals surface area contributed by atoms with Crippen LogP contribution < -0.4 is 15.4 Å². The van der Waals surface area contributed by atoms with E-state index in [0.29, 0.717) is 16.6 Å². The van der Waals surface area contributed by atoms with Crippen molar-refractivity contribution in [2.24, 2.45) is 0 Å². The van der Waals surface area contributed by atoms with Crippen molar-refractivity contribution in [3.05, 3.63) is 78.6 Å². The Bertz CT molecular complexity index is 1310. The van der Waals surface area contributed by atoms with Gasteiger partial charge in [0.05, 0.1) is 4.90 Å². The van der Waals surface area contributed by atoms with E-state index in [2.05, 4.69) is 20.5 Å². The van der Waals surface area contributed by atoms with Gasteiger partial charge in [0, 0.05) is 22.8 Å². The molecular weight excluding hydrogens is 420 g/mol. The molecule has 0 aliphatic carbocycles. The van der Waals surface area contributed by atoms with Gasteiger partial charge in [-0.05, 0) is 54.9 Å². The summed E-state index contributed by atoms with van der Waals surface area (Å²) in [5, 5.41) is 12.5. The Hall–Kier alpha value is -3.43. The first-order chi connectivity index (χ1) is 14.4. The number of rotatable bonds is 5. The lowest BCUT2D eigenvalue weighted by Gasteiger charge is -2.13. The van der Waals surface area contributed by atoms with Crippen molar-refractivity contribution in [3.8, 4) is 0 Å². The lowest BCUT2D eigenvalue weighted by Crippen LogP contribution is -2.19. The van der Waals surface area contributed by atoms with E-state index in [1.54, 1.807) is 19.1 Å². The van der Waals surface area contributed by atoms with Crippen LogP contribution in [0.5, 0.6) is 0 Å². The van der Waals surface area contributed by atoms with Crippen LogP contribution in [0.4, 0.5) is 17.2 Å². The predicted octanol–water partition coefficient (Wildman–Crippen LogP) is 4.75. The van der Waals surface area contributed by atoms with Gasteiger partial charge in [-0.3, -0.25) is 4.72 Å². The third-order valence-corrected chi connectivity index (χ3v) is 5.90. The van der Waals surface area contributed by atoms with E-state index in [1.807, 2.05) is 42.5 Å². The van der Waals surface area contributed by atoms with Crippen molar-refractivity contribution < 1.29 is 12.9 Å². The van der Waals surface area contributed by atoms with Gasteiger partial charge < -0.3 is 15.2 Å². The Kier molecular flexibility index (Phi) is 5.39. The zero-order chi connectivity index (χ0) is 21.1. The van der Waals surface area contributed by atoms with Gasteiger partial charge in [0.2, 0.25) is 0 Å². The summed E-state index contributed by atoms with van der Waals surface area (Å²) in [7, 11) is -3.77. The number of aryl methyl sites for hydroxylation is 1. The van der Waals surface area contributed by atoms with Crippen LogP contribution in [-0.2, 0) is 10.0 Å². The number of aromatic nitrogens is 1. The van der Waals surface area contributed by atoms with Gasteiger partial charge in [-0.1, -0.05) is 41.6 Å². The minimum Gasteiger partial charge on any atom is -0.360 e. The quantitative estimate of drug-likeness (QED) is 0.387. The molecule has 0 bridgehead atoms. The van der Waals surface area contributed by atoms with Gasteiger partial charge in [0.15, 0.2) is 10.9 Å². The fourth-order valence-electron chi connectivity index (χ4n) is 2.95. The molecule has 3 N–H and O–H groups in total. The van der Waals surface area contributed by atoms with Crippen molar-refractivity contribution >= 4 is 55.3 Å². The molecule has 0 aliphatic rings. The summed E-state index contributed by atoms with van der Waals surface area (Å²) in [6.45, 7) is 1.68. The fraction of sp³-hybridized carbons (Fsp3) is 0.0476. The topological polar surface area (TPSA) is 96.3 Å². The molecule has 0 saturated carbocycles. The van der Waals surface area contributed by atoms with Crippen molar-refractivity contribution in [1.29, 1.82) is 0 Å². The second-order valence-corrected chi connectivity index (χ2v) is 8.65. The molecule has 9 heteroatoms. The van der Waals surface area contributed by atoms with Crippen LogP contribution >= 0.6 is 12.2 Å². The number of nitrogens with zero attached hydrogens (tertiary/aromatic N) is 1. The number of hydrogen-bond acceptors (Lipinski definition) is 5. The highest BCUT2D eigenvalue weighted by Crippen LogP contribution is 2.23. The Morgan fingerprint density at radius 3 is 2.43 bits per heavy atom. The lowest BCUT2D eigenvalue weighted by atomic mass is 10.1. The summed E-state index contributed by atoms with van der Waals surface area (Å²) >= 11 is 5.40. The van der Waals surface area contributed by atoms with Gasteiger partial charge in [0.25, 0.3) is 10.0 Å². The van der Waals surface area contributed by atoms with Gasteiger partial charge in [-0.25, -0.2) is 8.42 Å². The molecule has 4 aromatic rings. The average molecular weight is 439 g/mol. The molecule has 0 spiro atoms. The SMILES string of the molecule is Cc1cc(NS(=O)(=O)c2ccc(NC(=S)Nc3cccc4ccccc34)cc2)no1. The van der Waals surface area contributed by atoms with Gasteiger partial charge in [0.1, 0.15) is 5.76 Å². The van der Waals surface area contributed by atoms with Crippen LogP contribution in [0.3, 0.4) is 0 Å². The highest BCUT2D eigenvalue weighted by atomic mass is 32.2. The Morgan fingerprint density at radius 2 is 1.70 bits per heavy atom. The Balaban J connectivity index is 1.44. The number of thiocarbonyl (C=S) groups is 1. The van der Waals surface area contributed by atoms with E-state index in [0.717, 1.165) is 16.5 Å². The van der Waals surface area contributed by atoms with Crippen LogP contribution in [0, 0.1) is 6.92 Å². The first kappa shape index (κ1) is 19.9. The molecule has 3 aromatic carbocycles. The van der Waals surface area contributed by atoms with E-state index >= 15 is 0 Å². The van der Waals surface area contributed by atoms with Crippen molar-refractivity contribution in [2.75, 3.05) is 15.4 Å². The minimum absolute atomic E-state index is 0.0987. The predicted molar refractivity (Wildman–Crippen MR) is 122 cm³/mol. The third kappa shape index (κ3) is 4.42. The molecule has 7 nitrogen and oxygen atoms in total. The molecule has 152 valence electrons. The lowest BCUT2D eigenvalue weighted by molar-refractivity contribution is 0.400. The summed E-state index contributed by atoms with van der Waals surface area (Å²) in [5.41, 5.74) is 1.54. The largest absolute Gasteiger partial charge is 0.360 e. The third-order valence-electron chi connectivity index (χ3n) is 4.33. The van der Waals surface area contributed by atoms with Crippen molar-refractivity contribution in [1.82, 2.24) is 5.16 Å². The average Bonchev–Trinajstić information content (AvgIpc) is 3.12. The minimum atomic E-state index is -3.77.